The Balaban J connectivity index is 1.25. The maximum atomic E-state index is 12.9. The fraction of sp³-hybridized carbons (Fsp3) is 0.526. The lowest BCUT2D eigenvalue weighted by Gasteiger charge is -2.47. The zero-order chi connectivity index (χ0) is 35.5. The lowest BCUT2D eigenvalue weighted by atomic mass is 9.59. The van der Waals surface area contributed by atoms with Gasteiger partial charge in [-0.15, -0.1) is 0 Å². The Morgan fingerprint density at radius 2 is 1.94 bits per heavy atom. The van der Waals surface area contributed by atoms with Crippen molar-refractivity contribution in [2.24, 2.45) is 11.8 Å². The molecule has 3 aromatic rings. The maximum Gasteiger partial charge on any atom is 0.527 e. The first kappa shape index (κ1) is 36.6. The summed E-state index contributed by atoms with van der Waals surface area (Å²) in [6.07, 6.45) is 8.79. The van der Waals surface area contributed by atoms with Gasteiger partial charge in [-0.1, -0.05) is 37.6 Å². The molecule has 3 aliphatic carbocycles. The van der Waals surface area contributed by atoms with E-state index in [1.807, 2.05) is 30.5 Å². The Labute approximate surface area is 299 Å². The third-order valence-corrected chi connectivity index (χ3v) is 12.2. The van der Waals surface area contributed by atoms with Crippen molar-refractivity contribution < 1.29 is 37.9 Å². The van der Waals surface area contributed by atoms with Crippen LogP contribution in [0.15, 0.2) is 54.7 Å². The molecule has 3 aliphatic rings. The second-order valence-corrected chi connectivity index (χ2v) is 16.2. The number of anilines is 1. The number of pyridine rings is 1. The van der Waals surface area contributed by atoms with Crippen LogP contribution in [0.1, 0.15) is 87.1 Å². The number of nitrogens with zero attached hydrogens (tertiary/aromatic N) is 1. The molecule has 10 nitrogen and oxygen atoms in total. The highest BCUT2D eigenvalue weighted by molar-refractivity contribution is 7.47. The predicted molar refractivity (Wildman–Crippen MR) is 192 cm³/mol. The van der Waals surface area contributed by atoms with Crippen molar-refractivity contribution in [2.45, 2.75) is 88.5 Å². The summed E-state index contributed by atoms with van der Waals surface area (Å²) in [4.78, 5) is 28.0. The molecule has 50 heavy (non-hydrogen) atoms. The number of aromatic nitrogens is 1. The van der Waals surface area contributed by atoms with Gasteiger partial charge in [-0.3, -0.25) is 14.4 Å². The molecule has 0 aliphatic heterocycles. The number of nitrogens with one attached hydrogen (secondary N) is 1. The van der Waals surface area contributed by atoms with Crippen LogP contribution in [-0.2, 0) is 36.9 Å². The fourth-order valence-corrected chi connectivity index (χ4v) is 9.46. The number of halogens is 1. The highest BCUT2D eigenvalue weighted by Crippen LogP contribution is 2.57. The normalized spacial score (nSPS) is 26.0. The number of aliphatic carboxylic acids is 1. The second-order valence-electron chi connectivity index (χ2n) is 14.4. The number of fused-ring (bicyclic) bond motifs is 3. The van der Waals surface area contributed by atoms with Gasteiger partial charge in [-0.25, -0.2) is 9.36 Å². The van der Waals surface area contributed by atoms with Gasteiger partial charge < -0.3 is 24.4 Å². The summed E-state index contributed by atoms with van der Waals surface area (Å²) in [5.41, 5.74) is 3.71. The van der Waals surface area contributed by atoms with Gasteiger partial charge in [0.15, 0.2) is 0 Å². The van der Waals surface area contributed by atoms with Crippen molar-refractivity contribution >= 4 is 31.1 Å². The van der Waals surface area contributed by atoms with Gasteiger partial charge in [-0.05, 0) is 128 Å². The van der Waals surface area contributed by atoms with E-state index >= 15 is 0 Å². The minimum Gasteiger partial charge on any atom is -0.493 e. The number of hydrogen-bond acceptors (Lipinski definition) is 8. The molecule has 6 rings (SSSR count). The number of rotatable bonds is 14. The highest BCUT2D eigenvalue weighted by atomic mass is 35.5. The van der Waals surface area contributed by atoms with E-state index in [4.69, 9.17) is 30.1 Å². The minimum absolute atomic E-state index is 0.0840. The van der Waals surface area contributed by atoms with E-state index in [-0.39, 0.29) is 36.2 Å². The van der Waals surface area contributed by atoms with Gasteiger partial charge in [-0.2, -0.15) is 0 Å². The van der Waals surface area contributed by atoms with Crippen LogP contribution in [0.5, 0.6) is 11.5 Å². The van der Waals surface area contributed by atoms with Crippen molar-refractivity contribution in [3.63, 3.8) is 0 Å². The zero-order valence-electron chi connectivity index (χ0n) is 29.0. The van der Waals surface area contributed by atoms with Gasteiger partial charge >= 0.3 is 13.8 Å². The van der Waals surface area contributed by atoms with Crippen molar-refractivity contribution in [1.82, 2.24) is 4.98 Å². The molecule has 1 fully saturated rings. The summed E-state index contributed by atoms with van der Waals surface area (Å²) in [5, 5.41) is 14.4. The quantitative estimate of drug-likeness (QED) is 0.110. The number of carbonyl (C=O) groups is 1. The molecule has 0 radical (unpaired) electrons. The number of benzene rings is 2. The smallest absolute Gasteiger partial charge is 0.493 e. The van der Waals surface area contributed by atoms with Crippen molar-refractivity contribution in [3.8, 4) is 11.5 Å². The molecule has 0 saturated heterocycles. The molecule has 2 unspecified atom stereocenters. The molecular formula is C38H48ClN2O8P. The molecule has 1 aromatic heterocycles. The summed E-state index contributed by atoms with van der Waals surface area (Å²) in [5.74, 6) is 1.11. The van der Waals surface area contributed by atoms with Crippen LogP contribution in [0.25, 0.3) is 0 Å². The summed E-state index contributed by atoms with van der Waals surface area (Å²) in [7, 11) is -2.90. The molecule has 0 bridgehead atoms. The van der Waals surface area contributed by atoms with E-state index in [0.29, 0.717) is 48.9 Å². The molecule has 3 N–H and O–H groups in total. The number of ether oxygens (including phenoxy) is 2. The van der Waals surface area contributed by atoms with Crippen molar-refractivity contribution in [2.75, 3.05) is 32.2 Å². The average molecular weight is 727 g/mol. The van der Waals surface area contributed by atoms with E-state index in [2.05, 4.69) is 24.1 Å². The third kappa shape index (κ3) is 7.85. The molecule has 1 spiro atoms. The van der Waals surface area contributed by atoms with E-state index in [0.717, 1.165) is 54.7 Å². The van der Waals surface area contributed by atoms with Crippen molar-refractivity contribution in [3.05, 3.63) is 82.1 Å². The number of hydrogen-bond donors (Lipinski definition) is 3. The van der Waals surface area contributed by atoms with E-state index < -0.39 is 19.3 Å². The Kier molecular flexibility index (Phi) is 11.2. The number of methoxy groups -OCH3 is 1. The van der Waals surface area contributed by atoms with Crippen LogP contribution in [0.3, 0.4) is 0 Å². The average Bonchev–Trinajstić information content (AvgIpc) is 3.36. The second kappa shape index (κ2) is 15.2. The number of carboxylic acids is 1. The van der Waals surface area contributed by atoms with E-state index in [1.54, 1.807) is 24.3 Å². The fourth-order valence-electron chi connectivity index (χ4n) is 8.53. The van der Waals surface area contributed by atoms with Gasteiger partial charge in [0.25, 0.3) is 0 Å². The lowest BCUT2D eigenvalue weighted by Crippen LogP contribution is -2.53. The Morgan fingerprint density at radius 1 is 1.14 bits per heavy atom. The highest BCUT2D eigenvalue weighted by Gasteiger charge is 2.54. The number of carboxylic acid groups (broad SMARTS) is 1. The van der Waals surface area contributed by atoms with Crippen LogP contribution < -0.4 is 14.6 Å². The molecule has 12 heteroatoms. The first-order valence-electron chi connectivity index (χ1n) is 17.6. The molecule has 4 atom stereocenters. The third-order valence-electron chi connectivity index (χ3n) is 11.0. The molecule has 1 saturated carbocycles. The van der Waals surface area contributed by atoms with Crippen LogP contribution in [0.4, 0.5) is 5.69 Å². The Hall–Kier alpha value is -3.14. The molecule has 2 aromatic carbocycles. The Bertz CT molecular complexity index is 1730. The lowest BCUT2D eigenvalue weighted by molar-refractivity contribution is -0.144. The van der Waals surface area contributed by atoms with E-state index in [9.17, 15) is 19.4 Å². The van der Waals surface area contributed by atoms with Gasteiger partial charge in [0.1, 0.15) is 17.0 Å². The largest absolute Gasteiger partial charge is 0.527 e. The van der Waals surface area contributed by atoms with Crippen LogP contribution in [0.2, 0.25) is 5.02 Å². The Morgan fingerprint density at radius 3 is 2.68 bits per heavy atom. The van der Waals surface area contributed by atoms with Gasteiger partial charge in [0, 0.05) is 35.3 Å². The number of phosphoric acid groups is 1. The predicted octanol–water partition coefficient (Wildman–Crippen LogP) is 8.34. The monoisotopic (exact) mass is 726 g/mol. The topological polar surface area (TPSA) is 136 Å². The van der Waals surface area contributed by atoms with Crippen molar-refractivity contribution in [1.29, 1.82) is 0 Å². The summed E-state index contributed by atoms with van der Waals surface area (Å²) >= 11 is 6.25. The number of phosphoric ester groups is 1. The molecular weight excluding hydrogens is 679 g/mol. The molecule has 270 valence electrons. The summed E-state index contributed by atoms with van der Waals surface area (Å²) in [6.45, 7) is 5.09. The van der Waals surface area contributed by atoms with Crippen LogP contribution >= 0.6 is 19.4 Å². The van der Waals surface area contributed by atoms with Gasteiger partial charge in [0.2, 0.25) is 0 Å². The standard InChI is InChI=1S/C38H48ClN2O8P/c1-25(24-47-34-12-17-40-33-9-4-6-26(2)35(33)34)20-28-21-27-10-11-31(49-50(44,45)48-19-18-46-3)23-32(27)37(28)13-15-38(16-14-37,36(42)43)41-30-8-5-7-29(39)22-30/h5,7-8,10-12,17,22-23,25-26,28,41H,4,6,9,13-16,18-21,24H2,1-3H3,(H,42,43)(H,44,45)/t25-,26-,28?,37?,38?/m1/s1. The zero-order valence-corrected chi connectivity index (χ0v) is 30.7. The van der Waals surface area contributed by atoms with Crippen LogP contribution in [0, 0.1) is 11.8 Å². The maximum absolute atomic E-state index is 12.9. The minimum atomic E-state index is -4.39. The SMILES string of the molecule is COCCOP(=O)(O)Oc1ccc2c(c1)C1(CCC(Nc3cccc(Cl)c3)(C(=O)O)CC1)C(C[C@@H](C)COc1ccnc3c1[C@H](C)CCC3)C2. The first-order valence-corrected chi connectivity index (χ1v) is 19.5. The van der Waals surface area contributed by atoms with E-state index in [1.165, 1.54) is 12.7 Å². The summed E-state index contributed by atoms with van der Waals surface area (Å²) < 4.78 is 34.8. The molecule has 1 heterocycles. The van der Waals surface area contributed by atoms with Crippen LogP contribution in [-0.4, -0.2) is 53.4 Å². The first-order chi connectivity index (χ1) is 23.9. The number of aryl methyl sites for hydroxylation is 1. The summed E-state index contributed by atoms with van der Waals surface area (Å²) in [6, 6.07) is 14.7. The molecule has 0 amide bonds. The van der Waals surface area contributed by atoms with Gasteiger partial charge in [0.05, 0.1) is 19.8 Å².